The summed E-state index contributed by atoms with van der Waals surface area (Å²) in [5, 5.41) is 14.0. The van der Waals surface area contributed by atoms with Gasteiger partial charge in [-0.25, -0.2) is 4.79 Å². The molecule has 10 nitrogen and oxygen atoms in total. The fourth-order valence-corrected chi connectivity index (χ4v) is 2.45. The van der Waals surface area contributed by atoms with E-state index in [9.17, 15) is 29.1 Å². The minimum Gasteiger partial charge on any atom is -0.480 e. The van der Waals surface area contributed by atoms with E-state index in [1.807, 2.05) is 0 Å². The molecule has 0 spiro atoms. The molecule has 134 valence electrons. The first-order valence-electron chi connectivity index (χ1n) is 7.21. The largest absolute Gasteiger partial charge is 0.480 e. The highest BCUT2D eigenvalue weighted by Gasteiger charge is 2.43. The molecule has 0 unspecified atom stereocenters. The number of carboxylic acids is 1. The van der Waals surface area contributed by atoms with E-state index < -0.39 is 47.7 Å². The summed E-state index contributed by atoms with van der Waals surface area (Å²) in [5.41, 5.74) is 0. The summed E-state index contributed by atoms with van der Waals surface area (Å²) in [4.78, 5) is 58.3. The van der Waals surface area contributed by atoms with Crippen LogP contribution in [0, 0.1) is 11.8 Å². The molecule has 1 saturated heterocycles. The lowest BCUT2D eigenvalue weighted by atomic mass is 9.87. The van der Waals surface area contributed by atoms with Gasteiger partial charge in [0.05, 0.1) is 14.2 Å². The summed E-state index contributed by atoms with van der Waals surface area (Å²) in [6, 6.07) is -2.39. The number of carboxylic acid groups (broad SMARTS) is 1. The Morgan fingerprint density at radius 1 is 1.21 bits per heavy atom. The Morgan fingerprint density at radius 2 is 1.75 bits per heavy atom. The van der Waals surface area contributed by atoms with Crippen LogP contribution in [0.1, 0.15) is 19.8 Å². The molecule has 1 aliphatic heterocycles. The maximum absolute atomic E-state index is 12.1. The van der Waals surface area contributed by atoms with Gasteiger partial charge in [-0.05, 0) is 6.42 Å². The number of nitrogens with one attached hydrogen (secondary N) is 2. The molecule has 2 amide bonds. The molecule has 0 radical (unpaired) electrons. The van der Waals surface area contributed by atoms with Crippen molar-refractivity contribution < 1.29 is 38.6 Å². The van der Waals surface area contributed by atoms with E-state index in [1.54, 1.807) is 0 Å². The Balaban J connectivity index is 2.94. The summed E-state index contributed by atoms with van der Waals surface area (Å²) < 4.78 is 9.01. The van der Waals surface area contributed by atoms with Crippen molar-refractivity contribution in [2.45, 2.75) is 31.8 Å². The maximum atomic E-state index is 12.1. The van der Waals surface area contributed by atoms with Gasteiger partial charge in [0.15, 0.2) is 5.92 Å². The lowest BCUT2D eigenvalue weighted by molar-refractivity contribution is -0.163. The fraction of sp³-hybridized carbons (Fsp3) is 0.643. The number of carbonyl (C=O) groups is 5. The topological polar surface area (TPSA) is 148 Å². The zero-order valence-corrected chi connectivity index (χ0v) is 13.5. The first-order valence-corrected chi connectivity index (χ1v) is 7.21. The number of amides is 2. The highest BCUT2D eigenvalue weighted by Crippen LogP contribution is 2.20. The molecular weight excluding hydrogens is 324 g/mol. The predicted molar refractivity (Wildman–Crippen MR) is 77.4 cm³/mol. The first kappa shape index (κ1) is 19.4. The van der Waals surface area contributed by atoms with Crippen LogP contribution in [0.4, 0.5) is 0 Å². The lowest BCUT2D eigenvalue weighted by Crippen LogP contribution is -2.54. The highest BCUT2D eigenvalue weighted by molar-refractivity contribution is 5.97. The van der Waals surface area contributed by atoms with Crippen LogP contribution in [-0.4, -0.2) is 61.1 Å². The minimum atomic E-state index is -1.54. The minimum absolute atomic E-state index is 0.165. The second-order valence-electron chi connectivity index (χ2n) is 5.37. The average Bonchev–Trinajstić information content (AvgIpc) is 2.98. The summed E-state index contributed by atoms with van der Waals surface area (Å²) in [7, 11) is 2.10. The van der Waals surface area contributed by atoms with Crippen LogP contribution in [0.25, 0.3) is 0 Å². The number of aliphatic carboxylic acids is 1. The van der Waals surface area contributed by atoms with Gasteiger partial charge in [-0.3, -0.25) is 19.2 Å². The van der Waals surface area contributed by atoms with Gasteiger partial charge in [0.1, 0.15) is 12.1 Å². The van der Waals surface area contributed by atoms with Crippen molar-refractivity contribution >= 4 is 29.7 Å². The van der Waals surface area contributed by atoms with E-state index >= 15 is 0 Å². The van der Waals surface area contributed by atoms with Crippen LogP contribution in [0.3, 0.4) is 0 Å². The Kier molecular flexibility index (Phi) is 6.69. The standard InChI is InChI=1S/C14H20N2O8/c1-6(9(13(21)23-2)14(22)24-3)10(12(19)20)16-11(18)7-4-5-8(17)15-7/h6-7,9-10H,4-5H2,1-3H3,(H,15,17)(H,16,18)(H,19,20)/t6-,7-,10-/m0/s1. The lowest BCUT2D eigenvalue weighted by Gasteiger charge is -2.26. The molecule has 0 saturated carbocycles. The fourth-order valence-electron chi connectivity index (χ4n) is 2.45. The number of methoxy groups -OCH3 is 2. The monoisotopic (exact) mass is 344 g/mol. The SMILES string of the molecule is COC(=O)C(C(=O)OC)[C@H](C)[C@H](NC(=O)[C@@H]1CCC(=O)N1)C(=O)O. The molecule has 3 atom stereocenters. The third kappa shape index (κ3) is 4.43. The van der Waals surface area contributed by atoms with Crippen molar-refractivity contribution in [2.24, 2.45) is 11.8 Å². The summed E-state index contributed by atoms with van der Waals surface area (Å²) in [6.07, 6.45) is 0.404. The molecule has 3 N–H and O–H groups in total. The van der Waals surface area contributed by atoms with Crippen LogP contribution >= 0.6 is 0 Å². The van der Waals surface area contributed by atoms with E-state index in [0.717, 1.165) is 14.2 Å². The molecule has 1 heterocycles. The van der Waals surface area contributed by atoms with Crippen LogP contribution in [0.2, 0.25) is 0 Å². The van der Waals surface area contributed by atoms with Gasteiger partial charge >= 0.3 is 17.9 Å². The van der Waals surface area contributed by atoms with Crippen molar-refractivity contribution in [3.05, 3.63) is 0 Å². The number of hydrogen-bond donors (Lipinski definition) is 3. The van der Waals surface area contributed by atoms with Crippen molar-refractivity contribution in [1.82, 2.24) is 10.6 Å². The smallest absolute Gasteiger partial charge is 0.326 e. The number of esters is 2. The molecule has 0 aromatic rings. The van der Waals surface area contributed by atoms with Gasteiger partial charge < -0.3 is 25.2 Å². The quantitative estimate of drug-likeness (QED) is 0.371. The Morgan fingerprint density at radius 3 is 2.12 bits per heavy atom. The molecule has 0 aromatic carbocycles. The third-order valence-electron chi connectivity index (χ3n) is 3.84. The molecule has 1 fully saturated rings. The molecule has 24 heavy (non-hydrogen) atoms. The Labute approximate surface area is 137 Å². The van der Waals surface area contributed by atoms with E-state index in [4.69, 9.17) is 0 Å². The molecule has 0 aromatic heterocycles. The molecule has 1 aliphatic rings. The van der Waals surface area contributed by atoms with Crippen LogP contribution in [0.5, 0.6) is 0 Å². The second-order valence-corrected chi connectivity index (χ2v) is 5.37. The van der Waals surface area contributed by atoms with Crippen molar-refractivity contribution in [1.29, 1.82) is 0 Å². The molecule has 1 rings (SSSR count). The van der Waals surface area contributed by atoms with Crippen LogP contribution < -0.4 is 10.6 Å². The van der Waals surface area contributed by atoms with E-state index in [2.05, 4.69) is 20.1 Å². The molecular formula is C14H20N2O8. The van der Waals surface area contributed by atoms with Crippen molar-refractivity contribution in [3.63, 3.8) is 0 Å². The maximum Gasteiger partial charge on any atom is 0.326 e. The van der Waals surface area contributed by atoms with Crippen molar-refractivity contribution in [2.75, 3.05) is 14.2 Å². The molecule has 0 bridgehead atoms. The van der Waals surface area contributed by atoms with E-state index in [1.165, 1.54) is 6.92 Å². The Bertz CT molecular complexity index is 531. The van der Waals surface area contributed by atoms with Gasteiger partial charge in [-0.15, -0.1) is 0 Å². The van der Waals surface area contributed by atoms with Gasteiger partial charge in [-0.1, -0.05) is 6.92 Å². The summed E-state index contributed by atoms with van der Waals surface area (Å²) in [6.45, 7) is 1.31. The van der Waals surface area contributed by atoms with Crippen molar-refractivity contribution in [3.8, 4) is 0 Å². The number of rotatable bonds is 7. The van der Waals surface area contributed by atoms with Gasteiger partial charge in [0.2, 0.25) is 11.8 Å². The zero-order valence-electron chi connectivity index (χ0n) is 13.5. The van der Waals surface area contributed by atoms with Gasteiger partial charge in [-0.2, -0.15) is 0 Å². The van der Waals surface area contributed by atoms with Gasteiger partial charge in [0, 0.05) is 12.3 Å². The zero-order chi connectivity index (χ0) is 18.4. The molecule has 0 aliphatic carbocycles. The summed E-state index contributed by atoms with van der Waals surface area (Å²) in [5.74, 6) is -7.03. The normalized spacial score (nSPS) is 19.2. The summed E-state index contributed by atoms with van der Waals surface area (Å²) >= 11 is 0. The number of ether oxygens (including phenoxy) is 2. The highest BCUT2D eigenvalue weighted by atomic mass is 16.5. The average molecular weight is 344 g/mol. The van der Waals surface area contributed by atoms with Crippen LogP contribution in [-0.2, 0) is 33.4 Å². The molecule has 10 heteroatoms. The number of carbonyl (C=O) groups excluding carboxylic acids is 4. The second kappa shape index (κ2) is 8.27. The van der Waals surface area contributed by atoms with Crippen LogP contribution in [0.15, 0.2) is 0 Å². The predicted octanol–water partition coefficient (Wildman–Crippen LogP) is -1.57. The van der Waals surface area contributed by atoms with Gasteiger partial charge in [0.25, 0.3) is 0 Å². The first-order chi connectivity index (χ1) is 11.2. The van der Waals surface area contributed by atoms with E-state index in [0.29, 0.717) is 0 Å². The van der Waals surface area contributed by atoms with E-state index in [-0.39, 0.29) is 18.7 Å². The third-order valence-corrected chi connectivity index (χ3v) is 3.84. The number of hydrogen-bond acceptors (Lipinski definition) is 7. The Hall–Kier alpha value is -2.65.